The number of methoxy groups -OCH3 is 2. The van der Waals surface area contributed by atoms with Crippen LogP contribution in [-0.2, 0) is 4.79 Å². The van der Waals surface area contributed by atoms with Crippen LogP contribution in [0.2, 0.25) is 0 Å². The van der Waals surface area contributed by atoms with Crippen LogP contribution in [0.1, 0.15) is 37.8 Å². The highest BCUT2D eigenvalue weighted by Crippen LogP contribution is 2.30. The van der Waals surface area contributed by atoms with Gasteiger partial charge in [-0.3, -0.25) is 4.79 Å². The van der Waals surface area contributed by atoms with Crippen molar-refractivity contribution in [2.45, 2.75) is 39.7 Å². The minimum atomic E-state index is -0.662. The van der Waals surface area contributed by atoms with Gasteiger partial charge in [-0.25, -0.2) is 0 Å². The van der Waals surface area contributed by atoms with Crippen LogP contribution < -0.4 is 19.5 Å². The third-order valence-corrected chi connectivity index (χ3v) is 4.13. The van der Waals surface area contributed by atoms with E-state index in [0.717, 1.165) is 16.9 Å². The second-order valence-corrected chi connectivity index (χ2v) is 6.51. The second-order valence-electron chi connectivity index (χ2n) is 6.51. The Morgan fingerprint density at radius 3 is 2.31 bits per heavy atom. The summed E-state index contributed by atoms with van der Waals surface area (Å²) in [5, 5.41) is 2.85. The number of carbonyl (C=O) groups is 1. The first-order chi connectivity index (χ1) is 12.3. The molecule has 0 aromatic heterocycles. The van der Waals surface area contributed by atoms with E-state index in [1.54, 1.807) is 39.3 Å². The van der Waals surface area contributed by atoms with Crippen molar-refractivity contribution in [3.63, 3.8) is 0 Å². The number of anilines is 1. The molecule has 2 rings (SSSR count). The van der Waals surface area contributed by atoms with Gasteiger partial charge in [0, 0.05) is 6.07 Å². The molecule has 1 N–H and O–H groups in total. The summed E-state index contributed by atoms with van der Waals surface area (Å²) in [6.45, 7) is 7.93. The maximum Gasteiger partial charge on any atom is 0.265 e. The molecule has 0 radical (unpaired) electrons. The molecule has 0 heterocycles. The Labute approximate surface area is 155 Å². The number of nitrogens with one attached hydrogen (secondary N) is 1. The Hall–Kier alpha value is -2.69. The molecule has 0 saturated carbocycles. The molecule has 0 aliphatic carbocycles. The molecule has 5 heteroatoms. The summed E-state index contributed by atoms with van der Waals surface area (Å²) < 4.78 is 16.5. The number of ether oxygens (including phenoxy) is 3. The van der Waals surface area contributed by atoms with Gasteiger partial charge in [-0.05, 0) is 49.1 Å². The van der Waals surface area contributed by atoms with E-state index >= 15 is 0 Å². The van der Waals surface area contributed by atoms with Crippen LogP contribution in [0, 0.1) is 6.92 Å². The fourth-order valence-electron chi connectivity index (χ4n) is 2.61. The van der Waals surface area contributed by atoms with E-state index in [1.165, 1.54) is 0 Å². The summed E-state index contributed by atoms with van der Waals surface area (Å²) in [7, 11) is 3.13. The van der Waals surface area contributed by atoms with Crippen LogP contribution in [0.15, 0.2) is 36.4 Å². The molecule has 0 spiro atoms. The average Bonchev–Trinajstić information content (AvgIpc) is 2.61. The van der Waals surface area contributed by atoms with Crippen molar-refractivity contribution in [1.29, 1.82) is 0 Å². The van der Waals surface area contributed by atoms with Crippen molar-refractivity contribution in [1.82, 2.24) is 0 Å². The van der Waals surface area contributed by atoms with Gasteiger partial charge < -0.3 is 19.5 Å². The fourth-order valence-corrected chi connectivity index (χ4v) is 2.61. The molecule has 1 atom stereocenters. The minimum Gasteiger partial charge on any atom is -0.497 e. The largest absolute Gasteiger partial charge is 0.497 e. The monoisotopic (exact) mass is 357 g/mol. The first kappa shape index (κ1) is 19.6. The topological polar surface area (TPSA) is 56.8 Å². The van der Waals surface area contributed by atoms with Gasteiger partial charge in [0.05, 0.1) is 19.9 Å². The second kappa shape index (κ2) is 8.61. The Bertz CT molecular complexity index is 771. The minimum absolute atomic E-state index is 0.257. The van der Waals surface area contributed by atoms with Gasteiger partial charge >= 0.3 is 0 Å². The van der Waals surface area contributed by atoms with E-state index in [4.69, 9.17) is 14.2 Å². The first-order valence-electron chi connectivity index (χ1n) is 8.65. The van der Waals surface area contributed by atoms with E-state index in [0.29, 0.717) is 23.1 Å². The van der Waals surface area contributed by atoms with E-state index in [2.05, 4.69) is 19.2 Å². The van der Waals surface area contributed by atoms with Crippen LogP contribution in [0.25, 0.3) is 0 Å². The summed E-state index contributed by atoms with van der Waals surface area (Å²) in [4.78, 5) is 12.6. The van der Waals surface area contributed by atoms with Gasteiger partial charge in [0.2, 0.25) is 0 Å². The third kappa shape index (κ3) is 4.69. The number of amides is 1. The molecule has 26 heavy (non-hydrogen) atoms. The molecule has 2 aromatic rings. The lowest BCUT2D eigenvalue weighted by Crippen LogP contribution is -2.30. The standard InChI is InChI=1S/C21H27NO4/c1-13(2)17-9-7-14(3)11-20(17)26-15(4)21(23)22-18-12-16(24-5)8-10-19(18)25-6/h7-13,15H,1-6H3,(H,22,23)/t15-/m1/s1. The van der Waals surface area contributed by atoms with Crippen molar-refractivity contribution >= 4 is 11.6 Å². The number of aryl methyl sites for hydroxylation is 1. The Balaban J connectivity index is 2.17. The highest BCUT2D eigenvalue weighted by molar-refractivity contribution is 5.95. The summed E-state index contributed by atoms with van der Waals surface area (Å²) in [5.41, 5.74) is 2.71. The molecule has 0 saturated heterocycles. The summed E-state index contributed by atoms with van der Waals surface area (Å²) in [6.07, 6.45) is -0.662. The molecule has 2 aromatic carbocycles. The number of hydrogen-bond donors (Lipinski definition) is 1. The molecular formula is C21H27NO4. The van der Waals surface area contributed by atoms with Crippen molar-refractivity contribution in [3.8, 4) is 17.2 Å². The smallest absolute Gasteiger partial charge is 0.265 e. The number of rotatable bonds is 7. The van der Waals surface area contributed by atoms with Crippen molar-refractivity contribution in [2.75, 3.05) is 19.5 Å². The number of benzene rings is 2. The quantitative estimate of drug-likeness (QED) is 0.790. The van der Waals surface area contributed by atoms with Gasteiger partial charge in [0.1, 0.15) is 17.2 Å². The predicted octanol–water partition coefficient (Wildman–Crippen LogP) is 4.54. The zero-order valence-corrected chi connectivity index (χ0v) is 16.3. The maximum absolute atomic E-state index is 12.6. The molecule has 0 fully saturated rings. The zero-order chi connectivity index (χ0) is 19.3. The van der Waals surface area contributed by atoms with Crippen LogP contribution in [0.5, 0.6) is 17.2 Å². The Kier molecular flexibility index (Phi) is 6.50. The molecule has 5 nitrogen and oxygen atoms in total. The van der Waals surface area contributed by atoms with E-state index in [9.17, 15) is 4.79 Å². The van der Waals surface area contributed by atoms with E-state index < -0.39 is 6.10 Å². The lowest BCUT2D eigenvalue weighted by atomic mass is 10.0. The summed E-state index contributed by atoms with van der Waals surface area (Å²) >= 11 is 0. The SMILES string of the molecule is COc1ccc(OC)c(NC(=O)[C@@H](C)Oc2cc(C)ccc2C(C)C)c1. The molecule has 1 amide bonds. The average molecular weight is 357 g/mol. The highest BCUT2D eigenvalue weighted by atomic mass is 16.5. The van der Waals surface area contributed by atoms with Gasteiger partial charge in [0.25, 0.3) is 5.91 Å². The summed E-state index contributed by atoms with van der Waals surface area (Å²) in [6, 6.07) is 11.3. The zero-order valence-electron chi connectivity index (χ0n) is 16.3. The lowest BCUT2D eigenvalue weighted by Gasteiger charge is -2.20. The lowest BCUT2D eigenvalue weighted by molar-refractivity contribution is -0.122. The summed E-state index contributed by atoms with van der Waals surface area (Å²) in [5.74, 6) is 1.98. The number of hydrogen-bond acceptors (Lipinski definition) is 4. The Morgan fingerprint density at radius 1 is 0.962 bits per heavy atom. The van der Waals surface area contributed by atoms with Gasteiger partial charge in [0.15, 0.2) is 6.10 Å². The first-order valence-corrected chi connectivity index (χ1v) is 8.65. The van der Waals surface area contributed by atoms with Gasteiger partial charge in [-0.15, -0.1) is 0 Å². The fraction of sp³-hybridized carbons (Fsp3) is 0.381. The number of carbonyl (C=O) groups excluding carboxylic acids is 1. The molecule has 140 valence electrons. The van der Waals surface area contributed by atoms with Crippen molar-refractivity contribution < 1.29 is 19.0 Å². The van der Waals surface area contributed by atoms with Gasteiger partial charge in [-0.1, -0.05) is 26.0 Å². The molecule has 0 unspecified atom stereocenters. The maximum atomic E-state index is 12.6. The van der Waals surface area contributed by atoms with Crippen LogP contribution in [0.4, 0.5) is 5.69 Å². The van der Waals surface area contributed by atoms with E-state index in [1.807, 2.05) is 25.1 Å². The van der Waals surface area contributed by atoms with Crippen molar-refractivity contribution in [3.05, 3.63) is 47.5 Å². The third-order valence-electron chi connectivity index (χ3n) is 4.13. The van der Waals surface area contributed by atoms with Crippen molar-refractivity contribution in [2.24, 2.45) is 0 Å². The normalized spacial score (nSPS) is 11.8. The van der Waals surface area contributed by atoms with Crippen LogP contribution in [-0.4, -0.2) is 26.2 Å². The molecule has 0 bridgehead atoms. The Morgan fingerprint density at radius 2 is 1.69 bits per heavy atom. The molecule has 0 aliphatic rings. The predicted molar refractivity (Wildman–Crippen MR) is 104 cm³/mol. The van der Waals surface area contributed by atoms with E-state index in [-0.39, 0.29) is 5.91 Å². The molecular weight excluding hydrogens is 330 g/mol. The van der Waals surface area contributed by atoms with Crippen LogP contribution >= 0.6 is 0 Å². The van der Waals surface area contributed by atoms with Crippen LogP contribution in [0.3, 0.4) is 0 Å². The highest BCUT2D eigenvalue weighted by Gasteiger charge is 2.19. The molecule has 0 aliphatic heterocycles. The van der Waals surface area contributed by atoms with Gasteiger partial charge in [-0.2, -0.15) is 0 Å².